The van der Waals surface area contributed by atoms with Gasteiger partial charge in [0, 0.05) is 12.1 Å². The summed E-state index contributed by atoms with van der Waals surface area (Å²) in [5.74, 6) is 0. The molecule has 2 nitrogen and oxygen atoms in total. The molecule has 1 saturated carbocycles. The van der Waals surface area contributed by atoms with Crippen LogP contribution in [0.2, 0.25) is 0 Å². The molecule has 0 saturated heterocycles. The van der Waals surface area contributed by atoms with Gasteiger partial charge in [0.1, 0.15) is 0 Å². The third kappa shape index (κ3) is 1.43. The number of hydrogen-bond donors (Lipinski definition) is 0. The Balaban J connectivity index is 2.24. The van der Waals surface area contributed by atoms with Gasteiger partial charge >= 0.3 is 0 Å². The summed E-state index contributed by atoms with van der Waals surface area (Å²) in [5.41, 5.74) is 0. The quantitative estimate of drug-likeness (QED) is 0.526. The number of hydrogen-bond acceptors (Lipinski definition) is 2. The average Bonchev–Trinajstić information content (AvgIpc) is 2.39. The molecule has 0 heterocycles. The Morgan fingerprint density at radius 1 is 0.889 bits per heavy atom. The van der Waals surface area contributed by atoms with E-state index < -0.39 is 0 Å². The van der Waals surface area contributed by atoms with Gasteiger partial charge in [0.2, 0.25) is 0 Å². The van der Waals surface area contributed by atoms with Crippen LogP contribution in [-0.4, -0.2) is 50.1 Å². The molecule has 0 spiro atoms. The molecule has 1 rings (SSSR count). The lowest BCUT2D eigenvalue weighted by Crippen LogP contribution is -2.25. The van der Waals surface area contributed by atoms with Gasteiger partial charge in [-0.2, -0.15) is 0 Å². The summed E-state index contributed by atoms with van der Waals surface area (Å²) in [6.45, 7) is 0. The molecule has 1 aliphatic carbocycles. The van der Waals surface area contributed by atoms with Gasteiger partial charge in [-0.25, -0.2) is 0 Å². The van der Waals surface area contributed by atoms with Gasteiger partial charge in [-0.1, -0.05) is 0 Å². The summed E-state index contributed by atoms with van der Waals surface area (Å²) in [6.07, 6.45) is 1.35. The molecule has 0 aliphatic heterocycles. The van der Waals surface area contributed by atoms with Crippen LogP contribution in [-0.2, 0) is 0 Å². The van der Waals surface area contributed by atoms with E-state index in [1.54, 1.807) is 0 Å². The smallest absolute Gasteiger partial charge is 0.0261 e. The molecule has 0 amide bonds. The van der Waals surface area contributed by atoms with Crippen molar-refractivity contribution in [3.8, 4) is 0 Å². The average molecular weight is 128 g/mol. The third-order valence-corrected chi connectivity index (χ3v) is 2.05. The van der Waals surface area contributed by atoms with E-state index in [0.29, 0.717) is 0 Å². The molecule has 2 atom stereocenters. The van der Waals surface area contributed by atoms with Crippen LogP contribution in [0.4, 0.5) is 0 Å². The maximum atomic E-state index is 2.30. The number of likely N-dealkylation sites (N-methyl/N-ethyl adjacent to an activating group) is 2. The molecule has 1 aliphatic rings. The van der Waals surface area contributed by atoms with Gasteiger partial charge in [-0.15, -0.1) is 0 Å². The molecule has 54 valence electrons. The Bertz CT molecular complexity index is 87.1. The summed E-state index contributed by atoms with van der Waals surface area (Å²) in [7, 11) is 8.59. The highest BCUT2D eigenvalue weighted by Crippen LogP contribution is 2.29. The van der Waals surface area contributed by atoms with Gasteiger partial charge in [0.05, 0.1) is 0 Å². The molecule has 0 aromatic heterocycles. The second-order valence-electron chi connectivity index (χ2n) is 3.30. The van der Waals surface area contributed by atoms with E-state index in [9.17, 15) is 0 Å². The van der Waals surface area contributed by atoms with Crippen molar-refractivity contribution in [2.24, 2.45) is 0 Å². The molecule has 2 heteroatoms. The first-order chi connectivity index (χ1) is 4.13. The van der Waals surface area contributed by atoms with Gasteiger partial charge in [0.25, 0.3) is 0 Å². The van der Waals surface area contributed by atoms with Crippen molar-refractivity contribution < 1.29 is 0 Å². The fourth-order valence-corrected chi connectivity index (χ4v) is 1.28. The van der Waals surface area contributed by atoms with Crippen LogP contribution in [0, 0.1) is 0 Å². The zero-order valence-corrected chi connectivity index (χ0v) is 6.76. The van der Waals surface area contributed by atoms with Crippen LogP contribution in [0.5, 0.6) is 0 Å². The fraction of sp³-hybridized carbons (Fsp3) is 1.00. The minimum absolute atomic E-state index is 0.819. The molecule has 0 N–H and O–H groups in total. The summed E-state index contributed by atoms with van der Waals surface area (Å²) in [4.78, 5) is 4.59. The van der Waals surface area contributed by atoms with E-state index in [1.165, 1.54) is 6.42 Å². The number of nitrogens with zero attached hydrogens (tertiary/aromatic N) is 2. The SMILES string of the molecule is CN(C)C1CC1N(C)C. The molecular weight excluding hydrogens is 112 g/mol. The van der Waals surface area contributed by atoms with E-state index in [1.807, 2.05) is 0 Å². The van der Waals surface area contributed by atoms with E-state index in [4.69, 9.17) is 0 Å². The van der Waals surface area contributed by atoms with Crippen molar-refractivity contribution >= 4 is 0 Å². The van der Waals surface area contributed by atoms with Crippen molar-refractivity contribution in [3.63, 3.8) is 0 Å². The topological polar surface area (TPSA) is 6.48 Å². The second kappa shape index (κ2) is 2.27. The normalized spacial score (nSPS) is 34.0. The largest absolute Gasteiger partial charge is 0.305 e. The first-order valence-corrected chi connectivity index (χ1v) is 3.46. The molecule has 0 aromatic rings. The van der Waals surface area contributed by atoms with Crippen molar-refractivity contribution in [2.45, 2.75) is 18.5 Å². The van der Waals surface area contributed by atoms with Crippen molar-refractivity contribution in [1.82, 2.24) is 9.80 Å². The highest BCUT2D eigenvalue weighted by atomic mass is 15.2. The highest BCUT2D eigenvalue weighted by molar-refractivity contribution is 4.99. The van der Waals surface area contributed by atoms with E-state index in [2.05, 4.69) is 38.0 Å². The zero-order valence-electron chi connectivity index (χ0n) is 6.76. The van der Waals surface area contributed by atoms with Crippen LogP contribution in [0.3, 0.4) is 0 Å². The molecule has 2 unspecified atom stereocenters. The van der Waals surface area contributed by atoms with E-state index in [0.717, 1.165) is 12.1 Å². The van der Waals surface area contributed by atoms with E-state index in [-0.39, 0.29) is 0 Å². The minimum Gasteiger partial charge on any atom is -0.305 e. The van der Waals surface area contributed by atoms with Gasteiger partial charge < -0.3 is 9.80 Å². The summed E-state index contributed by atoms with van der Waals surface area (Å²) < 4.78 is 0. The summed E-state index contributed by atoms with van der Waals surface area (Å²) in [6, 6.07) is 1.64. The lowest BCUT2D eigenvalue weighted by atomic mass is 10.5. The van der Waals surface area contributed by atoms with Gasteiger partial charge in [0.15, 0.2) is 0 Å². The van der Waals surface area contributed by atoms with E-state index >= 15 is 0 Å². The molecule has 1 fully saturated rings. The first kappa shape index (κ1) is 7.03. The van der Waals surface area contributed by atoms with Crippen LogP contribution in [0.15, 0.2) is 0 Å². The Labute approximate surface area is 57.4 Å². The first-order valence-electron chi connectivity index (χ1n) is 3.46. The fourth-order valence-electron chi connectivity index (χ4n) is 1.28. The second-order valence-corrected chi connectivity index (χ2v) is 3.30. The van der Waals surface area contributed by atoms with Crippen molar-refractivity contribution in [2.75, 3.05) is 28.2 Å². The predicted octanol–water partition coefficient (Wildman–Crippen LogP) is 0.250. The van der Waals surface area contributed by atoms with Crippen LogP contribution in [0.25, 0.3) is 0 Å². The number of rotatable bonds is 2. The monoisotopic (exact) mass is 128 g/mol. The van der Waals surface area contributed by atoms with Gasteiger partial charge in [-0.3, -0.25) is 0 Å². The standard InChI is InChI=1S/C7H16N2/c1-8(2)6-5-7(6)9(3)4/h6-7H,5H2,1-4H3. The Morgan fingerprint density at radius 2 is 1.22 bits per heavy atom. The molecule has 9 heavy (non-hydrogen) atoms. The predicted molar refractivity (Wildman–Crippen MR) is 39.6 cm³/mol. The minimum atomic E-state index is 0.819. The summed E-state index contributed by atoms with van der Waals surface area (Å²) in [5, 5.41) is 0. The maximum Gasteiger partial charge on any atom is 0.0261 e. The highest BCUT2D eigenvalue weighted by Gasteiger charge is 2.40. The third-order valence-electron chi connectivity index (χ3n) is 2.05. The Hall–Kier alpha value is -0.0800. The molecular formula is C7H16N2. The molecule has 0 bridgehead atoms. The van der Waals surface area contributed by atoms with Crippen molar-refractivity contribution in [1.29, 1.82) is 0 Å². The van der Waals surface area contributed by atoms with Gasteiger partial charge in [-0.05, 0) is 34.6 Å². The molecule has 0 radical (unpaired) electrons. The molecule has 0 aromatic carbocycles. The lowest BCUT2D eigenvalue weighted by molar-refractivity contribution is 0.315. The zero-order chi connectivity index (χ0) is 7.02. The van der Waals surface area contributed by atoms with Crippen LogP contribution in [0.1, 0.15) is 6.42 Å². The maximum absolute atomic E-state index is 2.30. The lowest BCUT2D eigenvalue weighted by Gasteiger charge is -2.12. The van der Waals surface area contributed by atoms with Crippen molar-refractivity contribution in [3.05, 3.63) is 0 Å². The summed E-state index contributed by atoms with van der Waals surface area (Å²) >= 11 is 0. The Morgan fingerprint density at radius 3 is 1.33 bits per heavy atom. The van der Waals surface area contributed by atoms with Crippen LogP contribution >= 0.6 is 0 Å². The van der Waals surface area contributed by atoms with Crippen LogP contribution < -0.4 is 0 Å². The Kier molecular flexibility index (Phi) is 1.78.